The largest absolute Gasteiger partial charge is 0.275 e. The van der Waals surface area contributed by atoms with Crippen molar-refractivity contribution in [3.05, 3.63) is 53.3 Å². The number of nitrogens with zero attached hydrogens (tertiary/aromatic N) is 2. The van der Waals surface area contributed by atoms with Crippen LogP contribution >= 0.6 is 0 Å². The smallest absolute Gasteiger partial charge is 0.0697 e. The van der Waals surface area contributed by atoms with Gasteiger partial charge in [0, 0.05) is 19.7 Å². The van der Waals surface area contributed by atoms with Gasteiger partial charge in [0.2, 0.25) is 0 Å². The Morgan fingerprint density at radius 2 is 1.93 bits per heavy atom. The first kappa shape index (κ1) is 9.00. The van der Waals surface area contributed by atoms with Gasteiger partial charge in [-0.2, -0.15) is 5.10 Å². The minimum atomic E-state index is 0.924. The van der Waals surface area contributed by atoms with Crippen molar-refractivity contribution in [1.82, 2.24) is 9.78 Å². The maximum absolute atomic E-state index is 4.42. The van der Waals surface area contributed by atoms with E-state index in [1.165, 1.54) is 16.8 Å². The van der Waals surface area contributed by atoms with Crippen molar-refractivity contribution >= 4 is 0 Å². The van der Waals surface area contributed by atoms with Crippen molar-refractivity contribution in [2.75, 3.05) is 0 Å². The molecule has 0 fully saturated rings. The zero-order valence-electron chi connectivity index (χ0n) is 8.57. The van der Waals surface area contributed by atoms with Crippen LogP contribution in [0.3, 0.4) is 0 Å². The van der Waals surface area contributed by atoms with E-state index in [4.69, 9.17) is 0 Å². The molecule has 0 saturated carbocycles. The first-order valence-electron chi connectivity index (χ1n) is 4.79. The van der Waals surface area contributed by atoms with Gasteiger partial charge in [-0.1, -0.05) is 30.3 Å². The Labute approximate surface area is 84.2 Å². The van der Waals surface area contributed by atoms with Crippen molar-refractivity contribution in [1.29, 1.82) is 0 Å². The van der Waals surface area contributed by atoms with Crippen LogP contribution < -0.4 is 0 Å². The van der Waals surface area contributed by atoms with Crippen molar-refractivity contribution in [3.8, 4) is 0 Å². The molecule has 2 nitrogen and oxygen atoms in total. The summed E-state index contributed by atoms with van der Waals surface area (Å²) in [5.74, 6) is 0. The van der Waals surface area contributed by atoms with E-state index in [0.29, 0.717) is 0 Å². The minimum absolute atomic E-state index is 0.924. The molecule has 0 bridgehead atoms. The van der Waals surface area contributed by atoms with Gasteiger partial charge in [0.05, 0.1) is 5.69 Å². The second-order valence-electron chi connectivity index (χ2n) is 3.59. The Hall–Kier alpha value is -1.57. The molecule has 0 amide bonds. The molecule has 1 heterocycles. The Bertz CT molecular complexity index is 415. The zero-order chi connectivity index (χ0) is 9.97. The van der Waals surface area contributed by atoms with E-state index in [1.807, 2.05) is 17.8 Å². The van der Waals surface area contributed by atoms with Gasteiger partial charge in [0.25, 0.3) is 0 Å². The van der Waals surface area contributed by atoms with E-state index in [-0.39, 0.29) is 0 Å². The summed E-state index contributed by atoms with van der Waals surface area (Å²) in [5.41, 5.74) is 3.74. The standard InChI is InChI=1S/C12H14N2/c1-10-9-14(2)13-12(10)8-11-6-4-3-5-7-11/h3-7,9H,8H2,1-2H3. The van der Waals surface area contributed by atoms with E-state index in [0.717, 1.165) is 6.42 Å². The molecule has 72 valence electrons. The van der Waals surface area contributed by atoms with E-state index in [1.54, 1.807) is 0 Å². The van der Waals surface area contributed by atoms with Crippen LogP contribution in [0.25, 0.3) is 0 Å². The molecule has 1 aromatic carbocycles. The molecular formula is C12H14N2. The number of aryl methyl sites for hydroxylation is 2. The highest BCUT2D eigenvalue weighted by Gasteiger charge is 2.03. The Kier molecular flexibility index (Phi) is 2.35. The van der Waals surface area contributed by atoms with Crippen molar-refractivity contribution in [2.45, 2.75) is 13.3 Å². The highest BCUT2D eigenvalue weighted by Crippen LogP contribution is 2.10. The molecule has 0 aliphatic rings. The fourth-order valence-corrected chi connectivity index (χ4v) is 1.62. The van der Waals surface area contributed by atoms with Gasteiger partial charge >= 0.3 is 0 Å². The Balaban J connectivity index is 2.23. The highest BCUT2D eigenvalue weighted by molar-refractivity contribution is 5.25. The van der Waals surface area contributed by atoms with Gasteiger partial charge in [-0.25, -0.2) is 0 Å². The van der Waals surface area contributed by atoms with Crippen LogP contribution in [0.15, 0.2) is 36.5 Å². The van der Waals surface area contributed by atoms with Crippen LogP contribution in [0.5, 0.6) is 0 Å². The quantitative estimate of drug-likeness (QED) is 0.703. The van der Waals surface area contributed by atoms with Crippen LogP contribution in [0.4, 0.5) is 0 Å². The second-order valence-corrected chi connectivity index (χ2v) is 3.59. The maximum Gasteiger partial charge on any atom is 0.0697 e. The molecule has 0 aliphatic carbocycles. The number of rotatable bonds is 2. The first-order chi connectivity index (χ1) is 6.75. The molecule has 0 radical (unpaired) electrons. The molecule has 2 heteroatoms. The molecule has 0 N–H and O–H groups in total. The fraction of sp³-hybridized carbons (Fsp3) is 0.250. The molecule has 0 aliphatic heterocycles. The highest BCUT2D eigenvalue weighted by atomic mass is 15.2. The molecule has 14 heavy (non-hydrogen) atoms. The van der Waals surface area contributed by atoms with E-state index < -0.39 is 0 Å². The number of aromatic nitrogens is 2. The molecule has 1 aromatic heterocycles. The van der Waals surface area contributed by atoms with Gasteiger partial charge in [0.15, 0.2) is 0 Å². The number of benzene rings is 1. The third-order valence-electron chi connectivity index (χ3n) is 2.33. The first-order valence-corrected chi connectivity index (χ1v) is 4.79. The summed E-state index contributed by atoms with van der Waals surface area (Å²) < 4.78 is 1.87. The van der Waals surface area contributed by atoms with Gasteiger partial charge in [-0.3, -0.25) is 4.68 Å². The summed E-state index contributed by atoms with van der Waals surface area (Å²) in [7, 11) is 1.96. The molecular weight excluding hydrogens is 172 g/mol. The normalized spacial score (nSPS) is 10.4. The average molecular weight is 186 g/mol. The van der Waals surface area contributed by atoms with E-state index in [2.05, 4.69) is 42.5 Å². The minimum Gasteiger partial charge on any atom is -0.275 e. The number of hydrogen-bond donors (Lipinski definition) is 0. The lowest BCUT2D eigenvalue weighted by Crippen LogP contribution is -1.93. The van der Waals surface area contributed by atoms with Crippen LogP contribution in [-0.4, -0.2) is 9.78 Å². The molecule has 2 rings (SSSR count). The van der Waals surface area contributed by atoms with E-state index in [9.17, 15) is 0 Å². The number of hydrogen-bond acceptors (Lipinski definition) is 1. The van der Waals surface area contributed by atoms with Gasteiger partial charge in [0.1, 0.15) is 0 Å². The molecule has 0 unspecified atom stereocenters. The summed E-state index contributed by atoms with van der Waals surface area (Å²) in [4.78, 5) is 0. The van der Waals surface area contributed by atoms with E-state index >= 15 is 0 Å². The van der Waals surface area contributed by atoms with Crippen LogP contribution in [0.2, 0.25) is 0 Å². The second kappa shape index (κ2) is 3.66. The Morgan fingerprint density at radius 1 is 1.21 bits per heavy atom. The maximum atomic E-state index is 4.42. The zero-order valence-corrected chi connectivity index (χ0v) is 8.57. The molecule has 2 aromatic rings. The van der Waals surface area contributed by atoms with Crippen LogP contribution in [-0.2, 0) is 13.5 Å². The summed E-state index contributed by atoms with van der Waals surface area (Å²) in [6, 6.07) is 10.4. The SMILES string of the molecule is Cc1cn(C)nc1Cc1ccccc1. The predicted octanol–water partition coefficient (Wildman–Crippen LogP) is 2.32. The van der Waals surface area contributed by atoms with Gasteiger partial charge in [-0.05, 0) is 18.1 Å². The third kappa shape index (κ3) is 1.84. The van der Waals surface area contributed by atoms with Crippen molar-refractivity contribution < 1.29 is 0 Å². The average Bonchev–Trinajstić information content (AvgIpc) is 2.47. The van der Waals surface area contributed by atoms with Gasteiger partial charge < -0.3 is 0 Å². The third-order valence-corrected chi connectivity index (χ3v) is 2.33. The topological polar surface area (TPSA) is 17.8 Å². The lowest BCUT2D eigenvalue weighted by atomic mass is 10.1. The summed E-state index contributed by atoms with van der Waals surface area (Å²) in [5, 5.41) is 4.42. The monoisotopic (exact) mass is 186 g/mol. The molecule has 0 spiro atoms. The van der Waals surface area contributed by atoms with Crippen LogP contribution in [0.1, 0.15) is 16.8 Å². The Morgan fingerprint density at radius 3 is 2.50 bits per heavy atom. The predicted molar refractivity (Wildman–Crippen MR) is 57.2 cm³/mol. The van der Waals surface area contributed by atoms with Gasteiger partial charge in [-0.15, -0.1) is 0 Å². The molecule has 0 saturated heterocycles. The summed E-state index contributed by atoms with van der Waals surface area (Å²) in [6.07, 6.45) is 2.98. The van der Waals surface area contributed by atoms with Crippen LogP contribution in [0, 0.1) is 6.92 Å². The lowest BCUT2D eigenvalue weighted by molar-refractivity contribution is 0.749. The summed E-state index contributed by atoms with van der Waals surface area (Å²) in [6.45, 7) is 2.10. The van der Waals surface area contributed by atoms with Crippen molar-refractivity contribution in [2.24, 2.45) is 7.05 Å². The molecule has 0 atom stereocenters. The fourth-order valence-electron chi connectivity index (χ4n) is 1.62. The lowest BCUT2D eigenvalue weighted by Gasteiger charge is -1.98. The van der Waals surface area contributed by atoms with Crippen molar-refractivity contribution in [3.63, 3.8) is 0 Å². The summed E-state index contributed by atoms with van der Waals surface area (Å²) >= 11 is 0.